The second-order valence-corrected chi connectivity index (χ2v) is 7.45. The minimum atomic E-state index is -0.199. The van der Waals surface area contributed by atoms with Crippen molar-refractivity contribution in [3.8, 4) is 0 Å². The van der Waals surface area contributed by atoms with Crippen LogP contribution in [0, 0.1) is 23.7 Å². The Bertz CT molecular complexity index is 521. The third-order valence-electron chi connectivity index (χ3n) is 6.15. The Balaban J connectivity index is 1.63. The van der Waals surface area contributed by atoms with Gasteiger partial charge in [0.2, 0.25) is 11.8 Å². The summed E-state index contributed by atoms with van der Waals surface area (Å²) in [6.07, 6.45) is 5.29. The molecule has 24 heavy (non-hydrogen) atoms. The number of likely N-dealkylation sites (tertiary alicyclic amines) is 1. The van der Waals surface area contributed by atoms with Crippen LogP contribution in [0.3, 0.4) is 0 Å². The van der Waals surface area contributed by atoms with Gasteiger partial charge in [-0.3, -0.25) is 14.4 Å². The number of carbonyl (C=O) groups excluding carboxylic acids is 3. The van der Waals surface area contributed by atoms with Crippen LogP contribution in [0.5, 0.6) is 0 Å². The van der Waals surface area contributed by atoms with Crippen LogP contribution in [0.1, 0.15) is 45.4 Å². The van der Waals surface area contributed by atoms with Gasteiger partial charge >= 0.3 is 5.97 Å². The summed E-state index contributed by atoms with van der Waals surface area (Å²) in [6.45, 7) is 3.10. The van der Waals surface area contributed by atoms with Crippen molar-refractivity contribution in [1.82, 2.24) is 10.2 Å². The summed E-state index contributed by atoms with van der Waals surface area (Å²) in [7, 11) is 1.42. The number of esters is 1. The van der Waals surface area contributed by atoms with Crippen LogP contribution in [-0.4, -0.2) is 48.9 Å². The van der Waals surface area contributed by atoms with Crippen LogP contribution in [0.2, 0.25) is 0 Å². The number of amides is 2. The Morgan fingerprint density at radius 2 is 1.92 bits per heavy atom. The number of fused-ring (bicyclic) bond motifs is 2. The van der Waals surface area contributed by atoms with E-state index in [1.54, 1.807) is 4.90 Å². The van der Waals surface area contributed by atoms with E-state index in [9.17, 15) is 14.4 Å². The molecule has 0 spiro atoms. The maximum absolute atomic E-state index is 12.7. The quantitative estimate of drug-likeness (QED) is 0.786. The second kappa shape index (κ2) is 7.11. The zero-order chi connectivity index (χ0) is 17.3. The minimum Gasteiger partial charge on any atom is -0.469 e. The largest absolute Gasteiger partial charge is 0.469 e. The van der Waals surface area contributed by atoms with Crippen LogP contribution in [0.25, 0.3) is 0 Å². The van der Waals surface area contributed by atoms with Gasteiger partial charge in [0.1, 0.15) is 0 Å². The molecule has 1 N–H and O–H groups in total. The first kappa shape index (κ1) is 17.2. The fourth-order valence-electron chi connectivity index (χ4n) is 4.90. The van der Waals surface area contributed by atoms with E-state index in [-0.39, 0.29) is 35.7 Å². The van der Waals surface area contributed by atoms with Gasteiger partial charge in [0, 0.05) is 25.6 Å². The summed E-state index contributed by atoms with van der Waals surface area (Å²) in [6, 6.07) is -0.0963. The standard InChI is InChI=1S/C18H28N2O4/c1-3-14(21)20-8-4-5-13(10-20)17(22)19-16-12-7-6-11(9-12)15(16)18(23)24-2/h11-13,15-16H,3-10H2,1-2H3,(H,19,22). The van der Waals surface area contributed by atoms with Crippen LogP contribution in [-0.2, 0) is 19.1 Å². The van der Waals surface area contributed by atoms with E-state index >= 15 is 0 Å². The third kappa shape index (κ3) is 3.15. The fraction of sp³-hybridized carbons (Fsp3) is 0.833. The van der Waals surface area contributed by atoms with E-state index < -0.39 is 0 Å². The molecule has 2 bridgehead atoms. The molecule has 5 unspecified atom stereocenters. The van der Waals surface area contributed by atoms with Crippen molar-refractivity contribution in [1.29, 1.82) is 0 Å². The Hall–Kier alpha value is -1.59. The lowest BCUT2D eigenvalue weighted by molar-refractivity contribution is -0.148. The molecule has 6 heteroatoms. The maximum atomic E-state index is 12.7. The van der Waals surface area contributed by atoms with E-state index in [1.165, 1.54) is 7.11 Å². The van der Waals surface area contributed by atoms with E-state index in [0.717, 1.165) is 38.6 Å². The van der Waals surface area contributed by atoms with Gasteiger partial charge in [0.05, 0.1) is 18.9 Å². The van der Waals surface area contributed by atoms with Crippen LogP contribution >= 0.6 is 0 Å². The maximum Gasteiger partial charge on any atom is 0.311 e. The molecule has 5 atom stereocenters. The molecule has 0 radical (unpaired) electrons. The second-order valence-electron chi connectivity index (χ2n) is 7.45. The molecule has 3 rings (SSSR count). The monoisotopic (exact) mass is 336 g/mol. The molecule has 0 aromatic carbocycles. The lowest BCUT2D eigenvalue weighted by Gasteiger charge is -2.35. The summed E-state index contributed by atoms with van der Waals surface area (Å²) in [5.74, 6) is 0.285. The fourth-order valence-corrected chi connectivity index (χ4v) is 4.90. The van der Waals surface area contributed by atoms with Crippen LogP contribution in [0.15, 0.2) is 0 Å². The zero-order valence-corrected chi connectivity index (χ0v) is 14.6. The molecule has 3 aliphatic rings. The average Bonchev–Trinajstić information content (AvgIpc) is 3.22. The molecule has 134 valence electrons. The Morgan fingerprint density at radius 1 is 1.17 bits per heavy atom. The smallest absolute Gasteiger partial charge is 0.311 e. The van der Waals surface area contributed by atoms with Crippen molar-refractivity contribution >= 4 is 17.8 Å². The summed E-state index contributed by atoms with van der Waals surface area (Å²) >= 11 is 0. The van der Waals surface area contributed by atoms with Crippen molar-refractivity contribution in [2.24, 2.45) is 23.7 Å². The number of piperidine rings is 1. The first-order valence-corrected chi connectivity index (χ1v) is 9.21. The molecule has 1 heterocycles. The van der Waals surface area contributed by atoms with Gasteiger partial charge < -0.3 is 15.0 Å². The van der Waals surface area contributed by atoms with Gasteiger partial charge in [-0.1, -0.05) is 6.92 Å². The molecule has 1 saturated heterocycles. The molecule has 0 aromatic heterocycles. The van der Waals surface area contributed by atoms with Gasteiger partial charge in [-0.25, -0.2) is 0 Å². The number of nitrogens with zero attached hydrogens (tertiary/aromatic N) is 1. The molecular weight excluding hydrogens is 308 g/mol. The Kier molecular flexibility index (Phi) is 5.11. The summed E-state index contributed by atoms with van der Waals surface area (Å²) in [5.41, 5.74) is 0. The van der Waals surface area contributed by atoms with Gasteiger partial charge in [0.25, 0.3) is 0 Å². The number of rotatable bonds is 4. The van der Waals surface area contributed by atoms with E-state index in [2.05, 4.69) is 5.32 Å². The van der Waals surface area contributed by atoms with Gasteiger partial charge in [0.15, 0.2) is 0 Å². The molecule has 2 amide bonds. The number of carbonyl (C=O) groups is 3. The number of ether oxygens (including phenoxy) is 1. The molecule has 0 aromatic rings. The van der Waals surface area contributed by atoms with E-state index in [4.69, 9.17) is 4.74 Å². The van der Waals surface area contributed by atoms with Crippen LogP contribution in [0.4, 0.5) is 0 Å². The highest BCUT2D eigenvalue weighted by molar-refractivity contribution is 5.83. The highest BCUT2D eigenvalue weighted by Gasteiger charge is 2.52. The van der Waals surface area contributed by atoms with Crippen molar-refractivity contribution in [2.45, 2.75) is 51.5 Å². The molecular formula is C18H28N2O4. The van der Waals surface area contributed by atoms with E-state index in [0.29, 0.717) is 24.8 Å². The first-order chi connectivity index (χ1) is 11.5. The van der Waals surface area contributed by atoms with Crippen molar-refractivity contribution in [3.63, 3.8) is 0 Å². The molecule has 3 fully saturated rings. The predicted molar refractivity (Wildman–Crippen MR) is 87.9 cm³/mol. The zero-order valence-electron chi connectivity index (χ0n) is 14.6. The average molecular weight is 336 g/mol. The van der Waals surface area contributed by atoms with Crippen LogP contribution < -0.4 is 5.32 Å². The lowest BCUT2D eigenvalue weighted by Crippen LogP contribution is -2.52. The summed E-state index contributed by atoms with van der Waals surface area (Å²) in [5, 5.41) is 3.15. The SMILES string of the molecule is CCC(=O)N1CCCC(C(=O)NC2C3CCC(C3)C2C(=O)OC)C1. The Labute approximate surface area is 143 Å². The van der Waals surface area contributed by atoms with Crippen molar-refractivity contribution in [2.75, 3.05) is 20.2 Å². The first-order valence-electron chi connectivity index (χ1n) is 9.21. The molecule has 6 nitrogen and oxygen atoms in total. The number of methoxy groups -OCH3 is 1. The van der Waals surface area contributed by atoms with Crippen molar-refractivity contribution in [3.05, 3.63) is 0 Å². The summed E-state index contributed by atoms with van der Waals surface area (Å²) in [4.78, 5) is 38.6. The lowest BCUT2D eigenvalue weighted by atomic mass is 9.84. The number of hydrogen-bond donors (Lipinski definition) is 1. The molecule has 2 saturated carbocycles. The highest BCUT2D eigenvalue weighted by atomic mass is 16.5. The van der Waals surface area contributed by atoms with Gasteiger partial charge in [-0.15, -0.1) is 0 Å². The molecule has 2 aliphatic carbocycles. The topological polar surface area (TPSA) is 75.7 Å². The summed E-state index contributed by atoms with van der Waals surface area (Å²) < 4.78 is 4.96. The molecule has 1 aliphatic heterocycles. The number of hydrogen-bond acceptors (Lipinski definition) is 4. The predicted octanol–water partition coefficient (Wildman–Crippen LogP) is 1.34. The minimum absolute atomic E-state index is 0.00458. The number of nitrogens with one attached hydrogen (secondary N) is 1. The normalized spacial score (nSPS) is 34.9. The third-order valence-corrected chi connectivity index (χ3v) is 6.15. The highest BCUT2D eigenvalue weighted by Crippen LogP contribution is 2.49. The van der Waals surface area contributed by atoms with E-state index in [1.807, 2.05) is 6.92 Å². The van der Waals surface area contributed by atoms with Gasteiger partial charge in [-0.05, 0) is 43.9 Å². The van der Waals surface area contributed by atoms with Gasteiger partial charge in [-0.2, -0.15) is 0 Å². The van der Waals surface area contributed by atoms with Crippen molar-refractivity contribution < 1.29 is 19.1 Å². The Morgan fingerprint density at radius 3 is 2.62 bits per heavy atom.